The predicted octanol–water partition coefficient (Wildman–Crippen LogP) is 6.36. The quantitative estimate of drug-likeness (QED) is 0.150. The van der Waals surface area contributed by atoms with E-state index in [1.807, 2.05) is 6.07 Å². The zero-order valence-corrected chi connectivity index (χ0v) is 22.0. The number of halogens is 4. The van der Waals surface area contributed by atoms with E-state index in [1.54, 1.807) is 42.3 Å². The number of aryl methyl sites for hydroxylation is 1. The van der Waals surface area contributed by atoms with Gasteiger partial charge in [0.25, 0.3) is 11.8 Å². The summed E-state index contributed by atoms with van der Waals surface area (Å²) in [7, 11) is 0. The molecule has 196 valence electrons. The lowest BCUT2D eigenvalue weighted by atomic mass is 10.1. The number of hydrogen-bond donors (Lipinski definition) is 3. The Labute approximate surface area is 224 Å². The Hall–Kier alpha value is -2.86. The van der Waals surface area contributed by atoms with Crippen molar-refractivity contribution in [3.63, 3.8) is 0 Å². The molecule has 3 rings (SSSR count). The number of anilines is 1. The molecule has 0 unspecified atom stereocenters. The average Bonchev–Trinajstić information content (AvgIpc) is 3.22. The van der Waals surface area contributed by atoms with Crippen molar-refractivity contribution in [3.8, 4) is 0 Å². The maximum absolute atomic E-state index is 13.0. The van der Waals surface area contributed by atoms with Gasteiger partial charge in [-0.1, -0.05) is 29.8 Å². The molecule has 0 bridgehead atoms. The van der Waals surface area contributed by atoms with Crippen molar-refractivity contribution < 1.29 is 27.9 Å². The summed E-state index contributed by atoms with van der Waals surface area (Å²) in [5.74, 6) is 0.499. The number of thiophene rings is 1. The topological polar surface area (TPSA) is 90.8 Å². The van der Waals surface area contributed by atoms with Gasteiger partial charge in [0, 0.05) is 17.9 Å². The second-order valence-corrected chi connectivity index (χ2v) is 10.2. The summed E-state index contributed by atoms with van der Waals surface area (Å²) in [6.07, 6.45) is -2.84. The number of amides is 2. The summed E-state index contributed by atoms with van der Waals surface area (Å²) >= 11 is 8.45. The number of alkyl halides is 3. The molecule has 2 aromatic carbocycles. The monoisotopic (exact) mass is 569 g/mol. The molecule has 0 saturated heterocycles. The van der Waals surface area contributed by atoms with Crippen LogP contribution in [0.5, 0.6) is 0 Å². The van der Waals surface area contributed by atoms with Crippen molar-refractivity contribution in [2.45, 2.75) is 25.3 Å². The van der Waals surface area contributed by atoms with E-state index in [0.29, 0.717) is 28.3 Å². The van der Waals surface area contributed by atoms with Gasteiger partial charge >= 0.3 is 6.18 Å². The molecule has 0 spiro atoms. The second-order valence-electron chi connectivity index (χ2n) is 7.84. The van der Waals surface area contributed by atoms with Crippen molar-refractivity contribution in [2.24, 2.45) is 5.10 Å². The van der Waals surface area contributed by atoms with E-state index in [2.05, 4.69) is 15.8 Å². The van der Waals surface area contributed by atoms with Gasteiger partial charge in [-0.05, 0) is 65.4 Å². The molecule has 0 aliphatic rings. The lowest BCUT2D eigenvalue weighted by Crippen LogP contribution is -2.21. The van der Waals surface area contributed by atoms with Crippen LogP contribution in [0.4, 0.5) is 18.2 Å². The van der Waals surface area contributed by atoms with Gasteiger partial charge in [0.05, 0.1) is 22.4 Å². The maximum atomic E-state index is 13.0. The lowest BCUT2D eigenvalue weighted by molar-refractivity contribution is -0.137. The normalized spacial score (nSPS) is 11.6. The number of benzene rings is 2. The number of nitrogens with one attached hydrogen (secondary N) is 2. The first-order valence-electron chi connectivity index (χ1n) is 11.0. The highest BCUT2D eigenvalue weighted by molar-refractivity contribution is 7.98. The van der Waals surface area contributed by atoms with E-state index in [4.69, 9.17) is 16.7 Å². The first kappa shape index (κ1) is 28.7. The molecular weight excluding hydrogens is 547 g/mol. The fourth-order valence-corrected chi connectivity index (χ4v) is 5.27. The Kier molecular flexibility index (Phi) is 10.2. The molecule has 0 atom stereocenters. The van der Waals surface area contributed by atoms with Gasteiger partial charge in [-0.3, -0.25) is 9.59 Å². The highest BCUT2D eigenvalue weighted by Gasteiger charge is 2.33. The standard InChI is InChI=1S/C25H23ClF3N3O3S2/c1-15-13-37-24(31-22(34)18-5-2-4-17(10-18)14-36-9-3-8-33)21(15)23(35)32-30-12-16-6-7-20(26)19(11-16)25(27,28)29/h2,4-7,10-13,33H,3,8-9,14H2,1H3,(H,31,34)(H,32,35)/b30-12+. The number of rotatable bonds is 10. The summed E-state index contributed by atoms with van der Waals surface area (Å²) in [6, 6.07) is 10.4. The Morgan fingerprint density at radius 2 is 1.97 bits per heavy atom. The van der Waals surface area contributed by atoms with Gasteiger partial charge in [0.15, 0.2) is 0 Å². The van der Waals surface area contributed by atoms with Gasteiger partial charge in [0.1, 0.15) is 5.00 Å². The molecule has 37 heavy (non-hydrogen) atoms. The minimum Gasteiger partial charge on any atom is -0.396 e. The molecule has 0 saturated carbocycles. The summed E-state index contributed by atoms with van der Waals surface area (Å²) < 4.78 is 39.1. The van der Waals surface area contributed by atoms with Crippen LogP contribution in [0.25, 0.3) is 0 Å². The molecule has 12 heteroatoms. The third-order valence-corrected chi connectivity index (χ3v) is 7.47. The lowest BCUT2D eigenvalue weighted by Gasteiger charge is -2.09. The number of aliphatic hydroxyl groups is 1. The molecule has 0 radical (unpaired) electrons. The Balaban J connectivity index is 1.68. The Bertz CT molecular complexity index is 1300. The number of aliphatic hydroxyl groups excluding tert-OH is 1. The van der Waals surface area contributed by atoms with Crippen LogP contribution in [0.1, 0.15) is 49.4 Å². The third kappa shape index (κ3) is 8.06. The third-order valence-electron chi connectivity index (χ3n) is 5.01. The number of hydrogen-bond acceptors (Lipinski definition) is 6. The highest BCUT2D eigenvalue weighted by Crippen LogP contribution is 2.35. The molecule has 6 nitrogen and oxygen atoms in total. The van der Waals surface area contributed by atoms with Crippen LogP contribution in [0, 0.1) is 6.92 Å². The van der Waals surface area contributed by atoms with Gasteiger partial charge in [-0.25, -0.2) is 5.43 Å². The molecule has 0 aliphatic carbocycles. The summed E-state index contributed by atoms with van der Waals surface area (Å²) in [5.41, 5.74) is 3.59. The van der Waals surface area contributed by atoms with Crippen LogP contribution in [-0.4, -0.2) is 35.5 Å². The zero-order valence-electron chi connectivity index (χ0n) is 19.6. The molecule has 1 aromatic heterocycles. The average molecular weight is 570 g/mol. The van der Waals surface area contributed by atoms with Crippen molar-refractivity contribution >= 4 is 57.7 Å². The minimum atomic E-state index is -4.62. The smallest absolute Gasteiger partial charge is 0.396 e. The molecule has 1 heterocycles. The van der Waals surface area contributed by atoms with Crippen molar-refractivity contribution in [3.05, 3.63) is 86.2 Å². The molecule has 2 amide bonds. The fraction of sp³-hybridized carbons (Fsp3) is 0.240. The summed E-state index contributed by atoms with van der Waals surface area (Å²) in [5, 5.41) is 17.0. The van der Waals surface area contributed by atoms with Gasteiger partial charge in [-0.2, -0.15) is 30.0 Å². The summed E-state index contributed by atoms with van der Waals surface area (Å²) in [6.45, 7) is 1.83. The number of thioether (sulfide) groups is 1. The zero-order chi connectivity index (χ0) is 27.0. The molecule has 0 aliphatic heterocycles. The van der Waals surface area contributed by atoms with Crippen LogP contribution in [-0.2, 0) is 11.9 Å². The van der Waals surface area contributed by atoms with Crippen molar-refractivity contribution in [2.75, 3.05) is 17.7 Å². The maximum Gasteiger partial charge on any atom is 0.417 e. The molecule has 3 N–H and O–H groups in total. The van der Waals surface area contributed by atoms with Crippen LogP contribution in [0.3, 0.4) is 0 Å². The fourth-order valence-electron chi connectivity index (χ4n) is 3.21. The highest BCUT2D eigenvalue weighted by atomic mass is 35.5. The predicted molar refractivity (Wildman–Crippen MR) is 143 cm³/mol. The van der Waals surface area contributed by atoms with E-state index in [-0.39, 0.29) is 23.6 Å². The van der Waals surface area contributed by atoms with E-state index >= 15 is 0 Å². The molecule has 3 aromatic rings. The second kappa shape index (κ2) is 13.1. The van der Waals surface area contributed by atoms with Crippen molar-refractivity contribution in [1.29, 1.82) is 0 Å². The van der Waals surface area contributed by atoms with Crippen LogP contribution in [0.2, 0.25) is 5.02 Å². The SMILES string of the molecule is Cc1csc(NC(=O)c2cccc(CSCCCO)c2)c1C(=O)N/N=C/c1ccc(Cl)c(C(F)(F)F)c1. The van der Waals surface area contributed by atoms with E-state index in [0.717, 1.165) is 29.7 Å². The first-order chi connectivity index (χ1) is 17.6. The van der Waals surface area contributed by atoms with E-state index < -0.39 is 22.7 Å². The largest absolute Gasteiger partial charge is 0.417 e. The number of carbonyl (C=O) groups excluding carboxylic acids is 2. The Morgan fingerprint density at radius 3 is 2.70 bits per heavy atom. The first-order valence-corrected chi connectivity index (χ1v) is 13.4. The van der Waals surface area contributed by atoms with Crippen LogP contribution in [0.15, 0.2) is 52.9 Å². The van der Waals surface area contributed by atoms with Crippen LogP contribution < -0.4 is 10.7 Å². The number of carbonyl (C=O) groups is 2. The van der Waals surface area contributed by atoms with E-state index in [9.17, 15) is 22.8 Å². The van der Waals surface area contributed by atoms with Gasteiger partial charge in [-0.15, -0.1) is 11.3 Å². The molecule has 0 fully saturated rings. The Morgan fingerprint density at radius 1 is 1.19 bits per heavy atom. The van der Waals surface area contributed by atoms with Gasteiger partial charge in [0.2, 0.25) is 0 Å². The summed E-state index contributed by atoms with van der Waals surface area (Å²) in [4.78, 5) is 25.6. The van der Waals surface area contributed by atoms with E-state index in [1.165, 1.54) is 17.4 Å². The van der Waals surface area contributed by atoms with Gasteiger partial charge < -0.3 is 10.4 Å². The molecular formula is C25H23ClF3N3O3S2. The van der Waals surface area contributed by atoms with Crippen LogP contribution >= 0.6 is 34.7 Å². The number of hydrazone groups is 1. The number of nitrogens with zero attached hydrogens (tertiary/aromatic N) is 1. The van der Waals surface area contributed by atoms with Crippen molar-refractivity contribution in [1.82, 2.24) is 5.43 Å². The minimum absolute atomic E-state index is 0.0991.